The molecule has 3 aromatic rings. The zero-order chi connectivity index (χ0) is 20.1. The van der Waals surface area contributed by atoms with Gasteiger partial charge in [-0.3, -0.25) is 19.9 Å². The SMILES string of the molecule is O=C1Nc2ccc3n[nH]nc3c2C1C=Nc1ccc([N+](=O)[O-])c(C(F)(F)F)c1. The normalized spacial score (nSPS) is 16.5. The fourth-order valence-electron chi connectivity index (χ4n) is 2.99. The van der Waals surface area contributed by atoms with Crippen LogP contribution in [0.5, 0.6) is 0 Å². The van der Waals surface area contributed by atoms with E-state index in [2.05, 4.69) is 25.7 Å². The standard InChI is InChI=1S/C16H9F3N6O3/c17-16(18,19)9-5-7(1-4-12(9)25(27)28)20-6-8-13-10(21-15(8)26)2-3-11-14(13)23-24-22-11/h1-6,8H,(H,21,26)(H,22,23,24). The Labute approximate surface area is 153 Å². The van der Waals surface area contributed by atoms with Crippen LogP contribution < -0.4 is 5.32 Å². The highest BCUT2D eigenvalue weighted by Crippen LogP contribution is 2.39. The number of carbonyl (C=O) groups excluding carboxylic acids is 1. The van der Waals surface area contributed by atoms with Crippen molar-refractivity contribution in [3.63, 3.8) is 0 Å². The largest absolute Gasteiger partial charge is 0.423 e. The minimum atomic E-state index is -4.92. The molecule has 0 spiro atoms. The number of halogens is 3. The number of anilines is 1. The Bertz CT molecular complexity index is 1150. The van der Waals surface area contributed by atoms with Gasteiger partial charge in [0, 0.05) is 23.5 Å². The van der Waals surface area contributed by atoms with E-state index < -0.39 is 34.2 Å². The molecule has 1 aromatic heterocycles. The van der Waals surface area contributed by atoms with Crippen molar-refractivity contribution in [2.75, 3.05) is 5.32 Å². The molecule has 2 N–H and O–H groups in total. The second-order valence-electron chi connectivity index (χ2n) is 5.92. The Kier molecular flexibility index (Phi) is 3.84. The predicted octanol–water partition coefficient (Wildman–Crippen LogP) is 3.32. The number of hydrogen-bond acceptors (Lipinski definition) is 6. The third-order valence-corrected chi connectivity index (χ3v) is 4.23. The van der Waals surface area contributed by atoms with Crippen LogP contribution in [0.3, 0.4) is 0 Å². The number of hydrogen-bond donors (Lipinski definition) is 2. The lowest BCUT2D eigenvalue weighted by atomic mass is 10.0. The number of aromatic nitrogens is 3. The number of carbonyl (C=O) groups is 1. The maximum Gasteiger partial charge on any atom is 0.423 e. The van der Waals surface area contributed by atoms with E-state index in [4.69, 9.17) is 0 Å². The van der Waals surface area contributed by atoms with Gasteiger partial charge < -0.3 is 5.32 Å². The van der Waals surface area contributed by atoms with Gasteiger partial charge >= 0.3 is 6.18 Å². The Morgan fingerprint density at radius 1 is 1.21 bits per heavy atom. The minimum absolute atomic E-state index is 0.175. The van der Waals surface area contributed by atoms with Crippen molar-refractivity contribution in [3.8, 4) is 0 Å². The van der Waals surface area contributed by atoms with Crippen molar-refractivity contribution in [1.29, 1.82) is 0 Å². The third-order valence-electron chi connectivity index (χ3n) is 4.23. The molecule has 9 nitrogen and oxygen atoms in total. The number of nitrogens with one attached hydrogen (secondary N) is 2. The van der Waals surface area contributed by atoms with E-state index in [1.165, 1.54) is 6.21 Å². The number of benzene rings is 2. The molecule has 0 saturated heterocycles. The first-order valence-electron chi connectivity index (χ1n) is 7.80. The zero-order valence-corrected chi connectivity index (χ0v) is 13.7. The van der Waals surface area contributed by atoms with Gasteiger partial charge in [0.15, 0.2) is 0 Å². The molecule has 1 atom stereocenters. The average Bonchev–Trinajstić information content (AvgIpc) is 3.22. The van der Waals surface area contributed by atoms with E-state index in [-0.39, 0.29) is 5.69 Å². The topological polar surface area (TPSA) is 126 Å². The zero-order valence-electron chi connectivity index (χ0n) is 13.7. The van der Waals surface area contributed by atoms with Gasteiger partial charge in [-0.1, -0.05) is 0 Å². The molecule has 1 unspecified atom stereocenters. The first kappa shape index (κ1) is 17.6. The lowest BCUT2D eigenvalue weighted by molar-refractivity contribution is -0.388. The molecule has 2 aromatic carbocycles. The number of H-pyrrole nitrogens is 1. The van der Waals surface area contributed by atoms with Gasteiger partial charge in [-0.15, -0.1) is 0 Å². The van der Waals surface area contributed by atoms with Crippen LogP contribution in [0.25, 0.3) is 11.0 Å². The van der Waals surface area contributed by atoms with Gasteiger partial charge in [-0.2, -0.15) is 28.6 Å². The summed E-state index contributed by atoms with van der Waals surface area (Å²) in [4.78, 5) is 25.9. The summed E-state index contributed by atoms with van der Waals surface area (Å²) < 4.78 is 39.3. The maximum absolute atomic E-state index is 13.1. The van der Waals surface area contributed by atoms with E-state index in [9.17, 15) is 28.1 Å². The number of aromatic amines is 1. The van der Waals surface area contributed by atoms with Gasteiger partial charge in [-0.05, 0) is 24.3 Å². The molecule has 0 saturated carbocycles. The van der Waals surface area contributed by atoms with E-state index in [0.717, 1.165) is 12.1 Å². The van der Waals surface area contributed by atoms with Crippen molar-refractivity contribution in [1.82, 2.24) is 15.4 Å². The van der Waals surface area contributed by atoms with Gasteiger partial charge in [0.25, 0.3) is 5.69 Å². The molecule has 0 radical (unpaired) electrons. The number of alkyl halides is 3. The Balaban J connectivity index is 1.74. The van der Waals surface area contributed by atoms with Crippen LogP contribution in [0.2, 0.25) is 0 Å². The fourth-order valence-corrected chi connectivity index (χ4v) is 2.99. The number of amides is 1. The summed E-state index contributed by atoms with van der Waals surface area (Å²) in [6.45, 7) is 0. The average molecular weight is 390 g/mol. The molecular formula is C16H9F3N6O3. The second kappa shape index (κ2) is 6.11. The van der Waals surface area contributed by atoms with Crippen LogP contribution in [0.15, 0.2) is 35.3 Å². The van der Waals surface area contributed by atoms with Crippen LogP contribution in [-0.4, -0.2) is 32.5 Å². The number of nitro groups is 1. The second-order valence-corrected chi connectivity index (χ2v) is 5.92. The number of rotatable bonds is 3. The maximum atomic E-state index is 13.1. The molecular weight excluding hydrogens is 381 g/mol. The first-order chi connectivity index (χ1) is 13.3. The van der Waals surface area contributed by atoms with Crippen molar-refractivity contribution >= 4 is 40.2 Å². The summed E-state index contributed by atoms with van der Waals surface area (Å²) in [6, 6.07) is 5.67. The predicted molar refractivity (Wildman–Crippen MR) is 91.5 cm³/mol. The summed E-state index contributed by atoms with van der Waals surface area (Å²) in [7, 11) is 0. The number of nitrogens with zero attached hydrogens (tertiary/aromatic N) is 4. The van der Waals surface area contributed by atoms with Crippen molar-refractivity contribution in [2.24, 2.45) is 4.99 Å². The summed E-state index contributed by atoms with van der Waals surface area (Å²) in [6.07, 6.45) is -3.74. The number of aliphatic imine (C=N–C) groups is 1. The van der Waals surface area contributed by atoms with Crippen LogP contribution in [-0.2, 0) is 11.0 Å². The molecule has 2 heterocycles. The highest BCUT2D eigenvalue weighted by Gasteiger charge is 2.38. The van der Waals surface area contributed by atoms with Crippen LogP contribution in [0.1, 0.15) is 17.0 Å². The monoisotopic (exact) mass is 390 g/mol. The molecule has 142 valence electrons. The van der Waals surface area contributed by atoms with Crippen LogP contribution >= 0.6 is 0 Å². The summed E-state index contributed by atoms with van der Waals surface area (Å²) in [5, 5.41) is 23.8. The highest BCUT2D eigenvalue weighted by molar-refractivity contribution is 6.15. The molecule has 28 heavy (non-hydrogen) atoms. The smallest absolute Gasteiger partial charge is 0.325 e. The van der Waals surface area contributed by atoms with E-state index >= 15 is 0 Å². The Hall–Kier alpha value is -3.83. The van der Waals surface area contributed by atoms with E-state index in [0.29, 0.717) is 28.4 Å². The van der Waals surface area contributed by atoms with Crippen molar-refractivity contribution < 1.29 is 22.9 Å². The Morgan fingerprint density at radius 2 is 2.00 bits per heavy atom. The van der Waals surface area contributed by atoms with Crippen molar-refractivity contribution in [2.45, 2.75) is 12.1 Å². The first-order valence-corrected chi connectivity index (χ1v) is 7.80. The van der Waals surface area contributed by atoms with Gasteiger partial charge in [0.05, 0.1) is 10.6 Å². The third kappa shape index (κ3) is 2.84. The molecule has 1 aliphatic heterocycles. The van der Waals surface area contributed by atoms with Crippen LogP contribution in [0, 0.1) is 10.1 Å². The number of fused-ring (bicyclic) bond motifs is 3. The molecule has 12 heteroatoms. The number of nitro benzene ring substituents is 1. The Morgan fingerprint density at radius 3 is 2.71 bits per heavy atom. The summed E-state index contributed by atoms with van der Waals surface area (Å²) in [5.74, 6) is -1.32. The molecule has 1 amide bonds. The van der Waals surface area contributed by atoms with Gasteiger partial charge in [-0.25, -0.2) is 0 Å². The van der Waals surface area contributed by atoms with E-state index in [1.54, 1.807) is 12.1 Å². The molecule has 4 rings (SSSR count). The minimum Gasteiger partial charge on any atom is -0.325 e. The van der Waals surface area contributed by atoms with E-state index in [1.807, 2.05) is 0 Å². The summed E-state index contributed by atoms with van der Waals surface area (Å²) >= 11 is 0. The van der Waals surface area contributed by atoms with Crippen LogP contribution in [0.4, 0.5) is 30.2 Å². The summed E-state index contributed by atoms with van der Waals surface area (Å²) in [5.41, 5.74) is -0.704. The molecule has 1 aliphatic rings. The fraction of sp³-hybridized carbons (Fsp3) is 0.125. The highest BCUT2D eigenvalue weighted by atomic mass is 19.4. The molecule has 0 bridgehead atoms. The quantitative estimate of drug-likeness (QED) is 0.403. The lowest BCUT2D eigenvalue weighted by Crippen LogP contribution is -2.13. The molecule has 0 aliphatic carbocycles. The van der Waals surface area contributed by atoms with Crippen molar-refractivity contribution in [3.05, 3.63) is 51.6 Å². The van der Waals surface area contributed by atoms with Gasteiger partial charge in [0.1, 0.15) is 22.5 Å². The molecule has 0 fully saturated rings. The lowest BCUT2D eigenvalue weighted by Gasteiger charge is -2.08. The van der Waals surface area contributed by atoms with Gasteiger partial charge in [0.2, 0.25) is 5.91 Å².